The average Bonchev–Trinajstić information content (AvgIpc) is 3.14. The lowest BCUT2D eigenvalue weighted by Crippen LogP contribution is -2.53. The molecule has 0 aliphatic carbocycles. The molecule has 184 valence electrons. The van der Waals surface area contributed by atoms with Crippen LogP contribution in [0.3, 0.4) is 0 Å². The van der Waals surface area contributed by atoms with Gasteiger partial charge in [-0.2, -0.15) is 0 Å². The highest BCUT2D eigenvalue weighted by molar-refractivity contribution is 7.89. The van der Waals surface area contributed by atoms with Crippen LogP contribution in [0, 0.1) is 0 Å². The number of aliphatic hydroxyl groups excluding tert-OH is 1. The number of para-hydroxylation sites is 2. The summed E-state index contributed by atoms with van der Waals surface area (Å²) in [6.07, 6.45) is -6.02. The quantitative estimate of drug-likeness (QED) is 0.428. The van der Waals surface area contributed by atoms with Gasteiger partial charge in [-0.25, -0.2) is 13.1 Å². The minimum atomic E-state index is -4.88. The summed E-state index contributed by atoms with van der Waals surface area (Å²) in [7, 11) is -4.17. The van der Waals surface area contributed by atoms with Crippen molar-refractivity contribution >= 4 is 31.8 Å². The molecule has 3 aromatic carbocycles. The Morgan fingerprint density at radius 3 is 2.06 bits per heavy atom. The Labute approximate surface area is 198 Å². The molecule has 0 amide bonds. The van der Waals surface area contributed by atoms with Crippen LogP contribution in [0.25, 0.3) is 21.8 Å². The van der Waals surface area contributed by atoms with Gasteiger partial charge in [0.1, 0.15) is 5.75 Å². The Morgan fingerprint density at radius 1 is 0.914 bits per heavy atom. The number of aromatic nitrogens is 1. The fraction of sp³-hybridized carbons (Fsp3) is 0.250. The van der Waals surface area contributed by atoms with Crippen LogP contribution in [0.15, 0.2) is 77.7 Å². The third-order valence-electron chi connectivity index (χ3n) is 6.02. The van der Waals surface area contributed by atoms with Gasteiger partial charge in [-0.15, -0.1) is 13.2 Å². The molecule has 0 unspecified atom stereocenters. The zero-order valence-electron chi connectivity index (χ0n) is 18.1. The standard InChI is InChI=1S/C24H21F3N2O5S/c25-24(26,27)34-15-9-11-16(12-10-15)35(31,32)28-19-13-33-14-22(23(19)30)29-20-7-3-1-5-17(20)18-6-2-4-8-21(18)29/h1-12,19,22-23,28,30H,13-14H2/t19-,22+,23+/m0/s1. The topological polar surface area (TPSA) is 89.8 Å². The van der Waals surface area contributed by atoms with Gasteiger partial charge in [-0.05, 0) is 36.4 Å². The van der Waals surface area contributed by atoms with E-state index < -0.39 is 40.3 Å². The molecule has 4 aromatic rings. The van der Waals surface area contributed by atoms with Crippen LogP contribution in [-0.2, 0) is 14.8 Å². The number of nitrogens with one attached hydrogen (secondary N) is 1. The first kappa shape index (κ1) is 23.6. The number of hydrogen-bond acceptors (Lipinski definition) is 5. The van der Waals surface area contributed by atoms with Gasteiger partial charge in [0, 0.05) is 21.8 Å². The molecular formula is C24H21F3N2O5S. The molecule has 0 radical (unpaired) electrons. The van der Waals surface area contributed by atoms with E-state index in [-0.39, 0.29) is 18.1 Å². The molecule has 5 rings (SSSR count). The fourth-order valence-corrected chi connectivity index (χ4v) is 5.75. The second-order valence-electron chi connectivity index (χ2n) is 8.25. The van der Waals surface area contributed by atoms with Crippen LogP contribution in [0.4, 0.5) is 13.2 Å². The van der Waals surface area contributed by atoms with Gasteiger partial charge in [0.15, 0.2) is 0 Å². The van der Waals surface area contributed by atoms with E-state index in [4.69, 9.17) is 4.74 Å². The minimum Gasteiger partial charge on any atom is -0.406 e. The molecule has 7 nitrogen and oxygen atoms in total. The van der Waals surface area contributed by atoms with Crippen molar-refractivity contribution in [3.05, 3.63) is 72.8 Å². The van der Waals surface area contributed by atoms with Crippen molar-refractivity contribution in [1.29, 1.82) is 0 Å². The average molecular weight is 507 g/mol. The second-order valence-corrected chi connectivity index (χ2v) is 9.96. The summed E-state index contributed by atoms with van der Waals surface area (Å²) >= 11 is 0. The molecule has 0 spiro atoms. The normalized spacial score (nSPS) is 21.4. The Bertz CT molecular complexity index is 1420. The van der Waals surface area contributed by atoms with Crippen molar-refractivity contribution in [1.82, 2.24) is 9.29 Å². The van der Waals surface area contributed by atoms with Crippen molar-refractivity contribution in [3.8, 4) is 5.75 Å². The number of hydrogen-bond donors (Lipinski definition) is 2. The Hall–Kier alpha value is -3.12. The molecular weight excluding hydrogens is 485 g/mol. The monoisotopic (exact) mass is 506 g/mol. The third kappa shape index (κ3) is 4.59. The number of nitrogens with zero attached hydrogens (tertiary/aromatic N) is 1. The molecule has 1 aromatic heterocycles. The fourth-order valence-electron chi connectivity index (χ4n) is 4.51. The number of rotatable bonds is 5. The van der Waals surface area contributed by atoms with Crippen molar-refractivity contribution in [2.24, 2.45) is 0 Å². The highest BCUT2D eigenvalue weighted by Gasteiger charge is 2.38. The lowest BCUT2D eigenvalue weighted by molar-refractivity contribution is -0.274. The van der Waals surface area contributed by atoms with E-state index in [1.807, 2.05) is 53.1 Å². The van der Waals surface area contributed by atoms with Gasteiger partial charge in [-0.1, -0.05) is 36.4 Å². The van der Waals surface area contributed by atoms with Gasteiger partial charge in [0.25, 0.3) is 0 Å². The molecule has 0 saturated carbocycles. The van der Waals surface area contributed by atoms with Gasteiger partial charge in [0.2, 0.25) is 10.0 Å². The maximum atomic E-state index is 12.9. The lowest BCUT2D eigenvalue weighted by atomic mass is 10.0. The van der Waals surface area contributed by atoms with Crippen molar-refractivity contribution in [2.75, 3.05) is 13.2 Å². The van der Waals surface area contributed by atoms with Crippen LogP contribution in [0.1, 0.15) is 6.04 Å². The summed E-state index contributed by atoms with van der Waals surface area (Å²) in [6.45, 7) is 0.106. The number of benzene rings is 3. The molecule has 1 aliphatic heterocycles. The first-order valence-corrected chi connectivity index (χ1v) is 12.2. The van der Waals surface area contributed by atoms with E-state index in [1.165, 1.54) is 0 Å². The van der Waals surface area contributed by atoms with Crippen molar-refractivity contribution in [3.63, 3.8) is 0 Å². The number of aliphatic hydroxyl groups is 1. The van der Waals surface area contributed by atoms with E-state index in [0.717, 1.165) is 46.1 Å². The number of sulfonamides is 1. The van der Waals surface area contributed by atoms with Gasteiger partial charge >= 0.3 is 6.36 Å². The highest BCUT2D eigenvalue weighted by atomic mass is 32.2. The van der Waals surface area contributed by atoms with Gasteiger partial charge in [0.05, 0.1) is 36.3 Å². The highest BCUT2D eigenvalue weighted by Crippen LogP contribution is 2.35. The summed E-state index contributed by atoms with van der Waals surface area (Å²) in [5.74, 6) is -0.538. The first-order chi connectivity index (χ1) is 16.6. The summed E-state index contributed by atoms with van der Waals surface area (Å²) in [6, 6.07) is 17.7. The lowest BCUT2D eigenvalue weighted by Gasteiger charge is -2.36. The molecule has 2 heterocycles. The SMILES string of the molecule is O=S(=O)(N[C@H]1COC[C@@H](n2c3ccccc3c3ccccc32)[C@@H]1O)c1ccc(OC(F)(F)F)cc1. The van der Waals surface area contributed by atoms with Crippen LogP contribution in [0.2, 0.25) is 0 Å². The summed E-state index contributed by atoms with van der Waals surface area (Å²) in [5, 5.41) is 13.2. The van der Waals surface area contributed by atoms with E-state index in [2.05, 4.69) is 9.46 Å². The Kier molecular flexibility index (Phi) is 5.96. The maximum absolute atomic E-state index is 12.9. The second kappa shape index (κ2) is 8.83. The molecule has 2 N–H and O–H groups in total. The van der Waals surface area contributed by atoms with Gasteiger partial charge < -0.3 is 19.1 Å². The summed E-state index contributed by atoms with van der Waals surface area (Å²) < 4.78 is 76.8. The van der Waals surface area contributed by atoms with E-state index in [0.29, 0.717) is 0 Å². The van der Waals surface area contributed by atoms with Crippen LogP contribution in [-0.4, -0.2) is 49.8 Å². The zero-order valence-corrected chi connectivity index (χ0v) is 19.0. The molecule has 11 heteroatoms. The van der Waals surface area contributed by atoms with Crippen LogP contribution in [0.5, 0.6) is 5.75 Å². The summed E-state index contributed by atoms with van der Waals surface area (Å²) in [4.78, 5) is -0.266. The molecule has 3 atom stereocenters. The Balaban J connectivity index is 1.42. The molecule has 1 fully saturated rings. The van der Waals surface area contributed by atoms with Crippen LogP contribution < -0.4 is 9.46 Å². The van der Waals surface area contributed by atoms with Crippen LogP contribution >= 0.6 is 0 Å². The first-order valence-electron chi connectivity index (χ1n) is 10.8. The summed E-state index contributed by atoms with van der Waals surface area (Å²) in [5.41, 5.74) is 1.76. The largest absolute Gasteiger partial charge is 0.573 e. The third-order valence-corrected chi connectivity index (χ3v) is 7.52. The van der Waals surface area contributed by atoms with E-state index in [1.54, 1.807) is 0 Å². The number of ether oxygens (including phenoxy) is 2. The molecule has 1 saturated heterocycles. The maximum Gasteiger partial charge on any atom is 0.573 e. The Morgan fingerprint density at radius 2 is 1.49 bits per heavy atom. The van der Waals surface area contributed by atoms with Crippen molar-refractivity contribution in [2.45, 2.75) is 29.4 Å². The molecule has 35 heavy (non-hydrogen) atoms. The molecule has 1 aliphatic rings. The minimum absolute atomic E-state index is 0.0662. The smallest absolute Gasteiger partial charge is 0.406 e. The van der Waals surface area contributed by atoms with E-state index >= 15 is 0 Å². The number of alkyl halides is 3. The molecule has 0 bridgehead atoms. The predicted octanol–water partition coefficient (Wildman–Crippen LogP) is 3.97. The number of halogens is 3. The van der Waals surface area contributed by atoms with E-state index in [9.17, 15) is 26.7 Å². The predicted molar refractivity (Wildman–Crippen MR) is 123 cm³/mol. The number of fused-ring (bicyclic) bond motifs is 3. The van der Waals surface area contributed by atoms with Crippen molar-refractivity contribution < 1.29 is 36.2 Å². The zero-order chi connectivity index (χ0) is 24.8. The van der Waals surface area contributed by atoms with Gasteiger partial charge in [-0.3, -0.25) is 0 Å².